The molecule has 1 fully saturated rings. The Morgan fingerprint density at radius 1 is 1.24 bits per heavy atom. The molecular formula is C22H26ClN3O3. The predicted octanol–water partition coefficient (Wildman–Crippen LogP) is 3.42. The van der Waals surface area contributed by atoms with Gasteiger partial charge in [0.1, 0.15) is 11.4 Å². The number of aryl methyl sites for hydroxylation is 1. The molecule has 0 radical (unpaired) electrons. The molecule has 3 heterocycles. The molecule has 1 aromatic carbocycles. The minimum Gasteiger partial charge on any atom is -0.495 e. The summed E-state index contributed by atoms with van der Waals surface area (Å²) >= 11 is 6.30. The maximum absolute atomic E-state index is 9.77. The van der Waals surface area contributed by atoms with Gasteiger partial charge in [-0.1, -0.05) is 11.6 Å². The van der Waals surface area contributed by atoms with Gasteiger partial charge in [0, 0.05) is 31.0 Å². The number of aromatic nitrogens is 2. The highest BCUT2D eigenvalue weighted by Gasteiger charge is 2.14. The summed E-state index contributed by atoms with van der Waals surface area (Å²) in [4.78, 5) is 7.23. The van der Waals surface area contributed by atoms with E-state index < -0.39 is 0 Å². The summed E-state index contributed by atoms with van der Waals surface area (Å²) in [7, 11) is 1.56. The quantitative estimate of drug-likeness (QED) is 0.640. The lowest BCUT2D eigenvalue weighted by Gasteiger charge is -2.26. The maximum Gasteiger partial charge on any atom is 0.137 e. The number of imidazole rings is 1. The highest BCUT2D eigenvalue weighted by Crippen LogP contribution is 2.33. The normalized spacial score (nSPS) is 15.1. The van der Waals surface area contributed by atoms with E-state index in [9.17, 15) is 5.11 Å². The minimum absolute atomic E-state index is 0.108. The molecule has 0 amide bonds. The molecule has 0 spiro atoms. The van der Waals surface area contributed by atoms with Gasteiger partial charge >= 0.3 is 0 Å². The number of ether oxygens (including phenoxy) is 2. The Balaban J connectivity index is 1.52. The molecule has 1 aliphatic rings. The first-order chi connectivity index (χ1) is 14.2. The Labute approximate surface area is 175 Å². The zero-order valence-electron chi connectivity index (χ0n) is 16.6. The number of aliphatic hydroxyl groups is 1. The van der Waals surface area contributed by atoms with Crippen LogP contribution in [0.5, 0.6) is 5.75 Å². The van der Waals surface area contributed by atoms with Crippen LogP contribution in [0.4, 0.5) is 0 Å². The van der Waals surface area contributed by atoms with E-state index in [0.29, 0.717) is 10.8 Å². The Bertz CT molecular complexity index is 983. The smallest absolute Gasteiger partial charge is 0.137 e. The van der Waals surface area contributed by atoms with E-state index in [2.05, 4.69) is 17.0 Å². The van der Waals surface area contributed by atoms with E-state index in [0.717, 1.165) is 68.2 Å². The van der Waals surface area contributed by atoms with Gasteiger partial charge in [-0.15, -0.1) is 0 Å². The van der Waals surface area contributed by atoms with Crippen LogP contribution in [0.15, 0.2) is 36.7 Å². The average molecular weight is 416 g/mol. The second-order valence-electron chi connectivity index (χ2n) is 7.29. The molecule has 1 N–H and O–H groups in total. The van der Waals surface area contributed by atoms with Crippen molar-refractivity contribution < 1.29 is 14.6 Å². The molecule has 0 saturated carbocycles. The highest BCUT2D eigenvalue weighted by molar-refractivity contribution is 6.32. The van der Waals surface area contributed by atoms with Gasteiger partial charge in [-0.3, -0.25) is 4.90 Å². The second kappa shape index (κ2) is 9.13. The predicted molar refractivity (Wildman–Crippen MR) is 114 cm³/mol. The topological polar surface area (TPSA) is 59.2 Å². The number of hydrogen-bond acceptors (Lipinski definition) is 5. The van der Waals surface area contributed by atoms with Crippen molar-refractivity contribution >= 4 is 17.2 Å². The van der Waals surface area contributed by atoms with Crippen molar-refractivity contribution in [2.45, 2.75) is 19.4 Å². The fraction of sp³-hybridized carbons (Fsp3) is 0.409. The molecule has 154 valence electrons. The zero-order valence-corrected chi connectivity index (χ0v) is 17.4. The second-order valence-corrected chi connectivity index (χ2v) is 7.69. The van der Waals surface area contributed by atoms with E-state index in [-0.39, 0.29) is 6.61 Å². The number of morpholine rings is 1. The number of rotatable bonds is 7. The van der Waals surface area contributed by atoms with Gasteiger partial charge in [0.05, 0.1) is 37.6 Å². The molecule has 29 heavy (non-hydrogen) atoms. The molecule has 0 bridgehead atoms. The summed E-state index contributed by atoms with van der Waals surface area (Å²) in [5.74, 6) is 0.547. The minimum atomic E-state index is -0.108. The van der Waals surface area contributed by atoms with Crippen molar-refractivity contribution in [3.8, 4) is 17.0 Å². The number of methoxy groups -OCH3 is 1. The molecule has 4 rings (SSSR count). The first-order valence-corrected chi connectivity index (χ1v) is 10.3. The summed E-state index contributed by atoms with van der Waals surface area (Å²) < 4.78 is 12.7. The zero-order chi connectivity index (χ0) is 20.2. The van der Waals surface area contributed by atoms with Crippen molar-refractivity contribution in [1.82, 2.24) is 14.3 Å². The molecule has 3 aromatic rings. The Kier molecular flexibility index (Phi) is 6.35. The summed E-state index contributed by atoms with van der Waals surface area (Å²) in [6, 6.07) is 7.84. The summed E-state index contributed by atoms with van der Waals surface area (Å²) in [6.07, 6.45) is 6.14. The average Bonchev–Trinajstić information content (AvgIpc) is 3.17. The number of benzene rings is 1. The van der Waals surface area contributed by atoms with Gasteiger partial charge in [0.15, 0.2) is 0 Å². The van der Waals surface area contributed by atoms with Crippen LogP contribution < -0.4 is 4.74 Å². The lowest BCUT2D eigenvalue weighted by Crippen LogP contribution is -2.36. The van der Waals surface area contributed by atoms with Crippen LogP contribution in [0.25, 0.3) is 16.9 Å². The summed E-state index contributed by atoms with van der Waals surface area (Å²) in [5, 5.41) is 10.3. The first-order valence-electron chi connectivity index (χ1n) is 9.93. The lowest BCUT2D eigenvalue weighted by atomic mass is 10.1. The Morgan fingerprint density at radius 3 is 2.83 bits per heavy atom. The van der Waals surface area contributed by atoms with Crippen molar-refractivity contribution in [3.63, 3.8) is 0 Å². The molecule has 7 heteroatoms. The number of halogens is 1. The monoisotopic (exact) mass is 415 g/mol. The third-order valence-corrected chi connectivity index (χ3v) is 5.69. The van der Waals surface area contributed by atoms with Crippen molar-refractivity contribution in [2.75, 3.05) is 40.0 Å². The third kappa shape index (κ3) is 4.56. The van der Waals surface area contributed by atoms with E-state index in [4.69, 9.17) is 26.1 Å². The van der Waals surface area contributed by atoms with Crippen LogP contribution >= 0.6 is 11.6 Å². The van der Waals surface area contributed by atoms with Crippen molar-refractivity contribution in [2.24, 2.45) is 0 Å². The molecule has 1 saturated heterocycles. The van der Waals surface area contributed by atoms with Gasteiger partial charge < -0.3 is 19.0 Å². The standard InChI is InChI=1S/C22H26ClN3O3/c1-28-21-12-17(15-27)18(13-19(21)23)20-14-26-6-4-16(11-22(26)24-20)3-2-5-25-7-9-29-10-8-25/h4,6,11-14,27H,2-3,5,7-10,15H2,1H3. The van der Waals surface area contributed by atoms with E-state index in [1.54, 1.807) is 19.2 Å². The van der Waals surface area contributed by atoms with Gasteiger partial charge in [0.2, 0.25) is 0 Å². The SMILES string of the molecule is COc1cc(CO)c(-c2cn3ccc(CCCN4CCOCC4)cc3n2)cc1Cl. The van der Waals surface area contributed by atoms with E-state index >= 15 is 0 Å². The van der Waals surface area contributed by atoms with Crippen molar-refractivity contribution in [3.05, 3.63) is 52.8 Å². The van der Waals surface area contributed by atoms with E-state index in [1.165, 1.54) is 5.56 Å². The fourth-order valence-electron chi connectivity index (χ4n) is 3.76. The Morgan fingerprint density at radius 2 is 2.07 bits per heavy atom. The van der Waals surface area contributed by atoms with Crippen LogP contribution in [0, 0.1) is 0 Å². The number of pyridine rings is 1. The van der Waals surface area contributed by atoms with Crippen LogP contribution in [0.2, 0.25) is 5.02 Å². The van der Waals surface area contributed by atoms with Gasteiger partial charge in [-0.05, 0) is 54.8 Å². The highest BCUT2D eigenvalue weighted by atomic mass is 35.5. The Hall–Kier alpha value is -2.12. The first kappa shape index (κ1) is 20.2. The van der Waals surface area contributed by atoms with Gasteiger partial charge in [0.25, 0.3) is 0 Å². The van der Waals surface area contributed by atoms with E-state index in [1.807, 2.05) is 16.8 Å². The number of hydrogen-bond donors (Lipinski definition) is 1. The van der Waals surface area contributed by atoms with Crippen molar-refractivity contribution in [1.29, 1.82) is 0 Å². The van der Waals surface area contributed by atoms with Crippen LogP contribution in [-0.2, 0) is 17.8 Å². The molecular weight excluding hydrogens is 390 g/mol. The summed E-state index contributed by atoms with van der Waals surface area (Å²) in [6.45, 7) is 4.73. The maximum atomic E-state index is 9.77. The van der Waals surface area contributed by atoms with Crippen LogP contribution in [-0.4, -0.2) is 59.3 Å². The number of nitrogens with zero attached hydrogens (tertiary/aromatic N) is 3. The largest absolute Gasteiger partial charge is 0.495 e. The fourth-order valence-corrected chi connectivity index (χ4v) is 4.00. The summed E-state index contributed by atoms with van der Waals surface area (Å²) in [5.41, 5.74) is 4.50. The number of aliphatic hydroxyl groups excluding tert-OH is 1. The number of fused-ring (bicyclic) bond motifs is 1. The molecule has 0 unspecified atom stereocenters. The van der Waals surface area contributed by atoms with Gasteiger partial charge in [-0.25, -0.2) is 4.98 Å². The van der Waals surface area contributed by atoms with Crippen LogP contribution in [0.3, 0.4) is 0 Å². The molecule has 2 aromatic heterocycles. The molecule has 1 aliphatic heterocycles. The third-order valence-electron chi connectivity index (χ3n) is 5.39. The molecule has 0 aliphatic carbocycles. The molecule has 0 atom stereocenters. The molecule has 6 nitrogen and oxygen atoms in total. The lowest BCUT2D eigenvalue weighted by molar-refractivity contribution is 0.0375. The van der Waals surface area contributed by atoms with Gasteiger partial charge in [-0.2, -0.15) is 0 Å². The van der Waals surface area contributed by atoms with Crippen LogP contribution in [0.1, 0.15) is 17.5 Å².